The first kappa shape index (κ1) is 20.1. The van der Waals surface area contributed by atoms with Crippen molar-refractivity contribution in [2.24, 2.45) is 7.05 Å². The smallest absolute Gasteiger partial charge is 0.416 e. The normalized spacial score (nSPS) is 18.3. The molecule has 2 atom stereocenters. The summed E-state index contributed by atoms with van der Waals surface area (Å²) in [6.07, 6.45) is -0.534. The van der Waals surface area contributed by atoms with Gasteiger partial charge in [-0.05, 0) is 29.5 Å². The van der Waals surface area contributed by atoms with Crippen molar-refractivity contribution < 1.29 is 27.9 Å². The van der Waals surface area contributed by atoms with Gasteiger partial charge in [0.25, 0.3) is 0 Å². The van der Waals surface area contributed by atoms with Crippen molar-refractivity contribution >= 4 is 19.4 Å². The van der Waals surface area contributed by atoms with Gasteiger partial charge in [0.2, 0.25) is 12.1 Å². The van der Waals surface area contributed by atoms with Gasteiger partial charge >= 0.3 is 13.7 Å². The number of halogens is 1. The average Bonchev–Trinajstić information content (AvgIpc) is 3.26. The highest BCUT2D eigenvalue weighted by Crippen LogP contribution is 2.40. The van der Waals surface area contributed by atoms with Gasteiger partial charge in [-0.3, -0.25) is 19.0 Å². The Morgan fingerprint density at radius 3 is 2.73 bits per heavy atom. The van der Waals surface area contributed by atoms with Crippen LogP contribution in [0, 0.1) is 5.82 Å². The van der Waals surface area contributed by atoms with Crippen LogP contribution in [0.3, 0.4) is 0 Å². The lowest BCUT2D eigenvalue weighted by Gasteiger charge is -2.15. The third-order valence-electron chi connectivity index (χ3n) is 4.17. The van der Waals surface area contributed by atoms with Gasteiger partial charge in [-0.25, -0.2) is 9.18 Å². The minimum absolute atomic E-state index is 0.141. The van der Waals surface area contributed by atoms with E-state index in [1.807, 2.05) is 0 Å². The molecule has 4 rings (SSSR count). The third kappa shape index (κ3) is 4.20. The first-order chi connectivity index (χ1) is 14.2. The number of amides is 1. The molecule has 0 radical (unpaired) electrons. The molecule has 30 heavy (non-hydrogen) atoms. The Morgan fingerprint density at radius 2 is 2.13 bits per heavy atom. The van der Waals surface area contributed by atoms with Crippen molar-refractivity contribution in [3.05, 3.63) is 42.3 Å². The highest BCUT2D eigenvalue weighted by molar-refractivity contribution is 7.51. The SMILES string of the molecule is Cn1nnc(-c2ccc(-c3ccc(N4C[C@@H](OP(C)(=O)O)OC4=O)cc3F)cn2)n1. The first-order valence-electron chi connectivity index (χ1n) is 8.67. The molecule has 1 unspecified atom stereocenters. The van der Waals surface area contributed by atoms with E-state index in [9.17, 15) is 18.6 Å². The van der Waals surface area contributed by atoms with E-state index in [0.717, 1.165) is 11.6 Å². The second-order valence-corrected chi connectivity index (χ2v) is 8.35. The Kier molecular flexibility index (Phi) is 5.06. The fourth-order valence-electron chi connectivity index (χ4n) is 2.90. The van der Waals surface area contributed by atoms with Crippen LogP contribution in [0.5, 0.6) is 0 Å². The molecule has 2 aromatic heterocycles. The molecule has 0 saturated carbocycles. The zero-order valence-corrected chi connectivity index (χ0v) is 16.7. The molecule has 1 fully saturated rings. The Hall–Kier alpha value is -3.21. The Labute approximate surface area is 169 Å². The molecule has 0 aliphatic carbocycles. The van der Waals surface area contributed by atoms with Crippen molar-refractivity contribution in [1.82, 2.24) is 25.2 Å². The summed E-state index contributed by atoms with van der Waals surface area (Å²) >= 11 is 0. The Bertz CT molecular complexity index is 1150. The zero-order chi connectivity index (χ0) is 21.5. The molecule has 3 aromatic rings. The number of aromatic nitrogens is 5. The number of ether oxygens (including phenoxy) is 1. The maximum atomic E-state index is 14.8. The van der Waals surface area contributed by atoms with Crippen LogP contribution in [0.4, 0.5) is 14.9 Å². The maximum Gasteiger partial charge on any atom is 0.416 e. The van der Waals surface area contributed by atoms with Crippen LogP contribution in [0.25, 0.3) is 22.6 Å². The number of aryl methyl sites for hydroxylation is 1. The number of tetrazole rings is 1. The summed E-state index contributed by atoms with van der Waals surface area (Å²) in [4.78, 5) is 27.9. The van der Waals surface area contributed by atoms with E-state index < -0.39 is 25.8 Å². The van der Waals surface area contributed by atoms with E-state index in [1.54, 1.807) is 19.2 Å². The minimum atomic E-state index is -3.84. The van der Waals surface area contributed by atoms with E-state index in [-0.39, 0.29) is 17.8 Å². The van der Waals surface area contributed by atoms with Crippen LogP contribution < -0.4 is 4.90 Å². The summed E-state index contributed by atoms with van der Waals surface area (Å²) in [6.45, 7) is 0.842. The number of hydrogen-bond acceptors (Lipinski definition) is 8. The van der Waals surface area contributed by atoms with Gasteiger partial charge in [0, 0.05) is 24.0 Å². The van der Waals surface area contributed by atoms with Crippen molar-refractivity contribution in [3.63, 3.8) is 0 Å². The Balaban J connectivity index is 1.53. The minimum Gasteiger partial charge on any atom is -0.417 e. The molecular weight excluding hydrogens is 418 g/mol. The Morgan fingerprint density at radius 1 is 1.33 bits per heavy atom. The van der Waals surface area contributed by atoms with Gasteiger partial charge in [-0.15, -0.1) is 10.2 Å². The second-order valence-electron chi connectivity index (χ2n) is 6.53. The van der Waals surface area contributed by atoms with Crippen LogP contribution in [0.1, 0.15) is 0 Å². The van der Waals surface area contributed by atoms with Gasteiger partial charge in [-0.1, -0.05) is 6.07 Å². The lowest BCUT2D eigenvalue weighted by atomic mass is 10.1. The van der Waals surface area contributed by atoms with E-state index in [2.05, 4.69) is 20.4 Å². The van der Waals surface area contributed by atoms with Crippen molar-refractivity contribution in [2.75, 3.05) is 18.1 Å². The molecule has 1 aliphatic rings. The molecule has 1 amide bonds. The summed E-state index contributed by atoms with van der Waals surface area (Å²) in [5, 5.41) is 11.7. The summed E-state index contributed by atoms with van der Waals surface area (Å²) in [5.41, 5.74) is 1.51. The molecule has 1 aliphatic heterocycles. The molecule has 1 saturated heterocycles. The van der Waals surface area contributed by atoms with Crippen LogP contribution in [-0.4, -0.2) is 55.7 Å². The molecular formula is C17H16FN6O5P. The average molecular weight is 434 g/mol. The van der Waals surface area contributed by atoms with Gasteiger partial charge in [0.1, 0.15) is 11.5 Å². The molecule has 11 nitrogen and oxygen atoms in total. The molecule has 1 aromatic carbocycles. The monoisotopic (exact) mass is 434 g/mol. The summed E-state index contributed by atoms with van der Waals surface area (Å²) < 4.78 is 35.8. The van der Waals surface area contributed by atoms with Gasteiger partial charge in [0.05, 0.1) is 19.3 Å². The topological polar surface area (TPSA) is 133 Å². The summed E-state index contributed by atoms with van der Waals surface area (Å²) in [6, 6.07) is 7.52. The van der Waals surface area contributed by atoms with Crippen LogP contribution in [0.2, 0.25) is 0 Å². The number of rotatable bonds is 5. The fraction of sp³-hybridized carbons (Fsp3) is 0.235. The van der Waals surface area contributed by atoms with Crippen molar-refractivity contribution in [1.29, 1.82) is 0 Å². The van der Waals surface area contributed by atoms with E-state index in [1.165, 1.54) is 29.2 Å². The fourth-order valence-corrected chi connectivity index (χ4v) is 3.44. The number of anilines is 1. The van der Waals surface area contributed by atoms with Gasteiger partial charge in [0.15, 0.2) is 0 Å². The number of benzene rings is 1. The number of carbonyl (C=O) groups is 1. The first-order valence-corrected chi connectivity index (χ1v) is 10.7. The highest BCUT2D eigenvalue weighted by atomic mass is 31.2. The number of carbonyl (C=O) groups excluding carboxylic acids is 1. The molecule has 0 bridgehead atoms. The van der Waals surface area contributed by atoms with Gasteiger partial charge < -0.3 is 9.63 Å². The van der Waals surface area contributed by atoms with E-state index in [0.29, 0.717) is 17.1 Å². The zero-order valence-electron chi connectivity index (χ0n) is 15.8. The number of hydrogen-bond donors (Lipinski definition) is 1. The second kappa shape index (κ2) is 7.56. The lowest BCUT2D eigenvalue weighted by molar-refractivity contribution is -0.000232. The standard InChI is InChI=1S/C17H16FN6O5P/c1-23-21-16(20-22-23)14-6-3-10(8-19-14)12-5-4-11(7-13(12)18)24-9-15(28-17(24)25)29-30(2,26)27/h3-8,15H,9H2,1-2H3,(H,26,27)/t15-/m1/s1. The molecule has 156 valence electrons. The quantitative estimate of drug-likeness (QED) is 0.600. The van der Waals surface area contributed by atoms with Crippen molar-refractivity contribution in [3.8, 4) is 22.6 Å². The lowest BCUT2D eigenvalue weighted by Crippen LogP contribution is -2.25. The molecule has 3 heterocycles. The number of cyclic esters (lactones) is 1. The van der Waals surface area contributed by atoms with Crippen LogP contribution >= 0.6 is 7.60 Å². The van der Waals surface area contributed by atoms with E-state index >= 15 is 0 Å². The third-order valence-corrected chi connectivity index (χ3v) is 4.80. The van der Waals surface area contributed by atoms with Crippen LogP contribution in [-0.2, 0) is 20.9 Å². The van der Waals surface area contributed by atoms with E-state index in [4.69, 9.17) is 9.26 Å². The largest absolute Gasteiger partial charge is 0.417 e. The predicted molar refractivity (Wildman–Crippen MR) is 102 cm³/mol. The molecule has 13 heteroatoms. The summed E-state index contributed by atoms with van der Waals surface area (Å²) in [7, 11) is -2.21. The number of pyridine rings is 1. The predicted octanol–water partition coefficient (Wildman–Crippen LogP) is 2.19. The van der Waals surface area contributed by atoms with Crippen LogP contribution in [0.15, 0.2) is 36.5 Å². The molecule has 1 N–H and O–H groups in total. The highest BCUT2D eigenvalue weighted by Gasteiger charge is 2.36. The molecule has 0 spiro atoms. The van der Waals surface area contributed by atoms with Crippen molar-refractivity contribution in [2.45, 2.75) is 6.29 Å². The maximum absolute atomic E-state index is 14.8. The number of nitrogens with zero attached hydrogens (tertiary/aromatic N) is 6. The summed E-state index contributed by atoms with van der Waals surface area (Å²) in [5.74, 6) is -0.233. The van der Waals surface area contributed by atoms with Gasteiger partial charge in [-0.2, -0.15) is 4.80 Å².